The number of esters is 1. The van der Waals surface area contributed by atoms with E-state index in [-0.39, 0.29) is 11.8 Å². The number of carbonyl (C=O) groups is 1. The van der Waals surface area contributed by atoms with Gasteiger partial charge in [-0.25, -0.2) is 4.39 Å². The van der Waals surface area contributed by atoms with Crippen molar-refractivity contribution >= 4 is 5.97 Å². The Hall–Kier alpha value is -1.42. The van der Waals surface area contributed by atoms with Crippen molar-refractivity contribution in [2.45, 2.75) is 52.4 Å². The average Bonchev–Trinajstić information content (AvgIpc) is 2.91. The van der Waals surface area contributed by atoms with Crippen LogP contribution in [0.2, 0.25) is 0 Å². The van der Waals surface area contributed by atoms with Gasteiger partial charge in [-0.1, -0.05) is 6.42 Å². The second-order valence-electron chi connectivity index (χ2n) is 9.57. The summed E-state index contributed by atoms with van der Waals surface area (Å²) in [5.41, 5.74) is 0.384. The van der Waals surface area contributed by atoms with Gasteiger partial charge in [-0.05, 0) is 95.5 Å². The van der Waals surface area contributed by atoms with Crippen LogP contribution in [-0.2, 0) is 4.79 Å². The molecular formula is C22H32FNO2. The van der Waals surface area contributed by atoms with Crippen molar-refractivity contribution in [2.75, 3.05) is 20.6 Å². The Morgan fingerprint density at radius 3 is 2.58 bits per heavy atom. The van der Waals surface area contributed by atoms with Crippen LogP contribution in [0.5, 0.6) is 5.75 Å². The van der Waals surface area contributed by atoms with Crippen molar-refractivity contribution in [1.29, 1.82) is 0 Å². The minimum atomic E-state index is -0.607. The summed E-state index contributed by atoms with van der Waals surface area (Å²) in [6, 6.07) is 4.86. The van der Waals surface area contributed by atoms with Crippen molar-refractivity contribution in [3.63, 3.8) is 0 Å². The van der Waals surface area contributed by atoms with Gasteiger partial charge in [-0.3, -0.25) is 4.79 Å². The van der Waals surface area contributed by atoms with Crippen molar-refractivity contribution < 1.29 is 13.9 Å². The van der Waals surface area contributed by atoms with Gasteiger partial charge in [0.15, 0.2) is 0 Å². The zero-order chi connectivity index (χ0) is 19.1. The molecule has 2 aliphatic carbocycles. The normalized spacial score (nSPS) is 28.4. The maximum absolute atomic E-state index is 14.3. The smallest absolute Gasteiger partial charge is 0.316 e. The van der Waals surface area contributed by atoms with Gasteiger partial charge in [-0.2, -0.15) is 0 Å². The van der Waals surface area contributed by atoms with Crippen molar-refractivity contribution in [3.8, 4) is 5.75 Å². The third-order valence-corrected chi connectivity index (χ3v) is 6.01. The highest BCUT2D eigenvalue weighted by Gasteiger charge is 2.42. The Kier molecular flexibility index (Phi) is 5.43. The molecule has 4 heteroatoms. The Balaban J connectivity index is 1.88. The molecule has 0 saturated heterocycles. The SMILES string of the molecule is CN(C)C[C@H]1[C@@H]2CC[C@@H](C2)C[C@H]1c1cc(F)cc(OC(=O)C(C)(C)C)c1. The first kappa shape index (κ1) is 19.3. The third-order valence-electron chi connectivity index (χ3n) is 6.01. The van der Waals surface area contributed by atoms with Gasteiger partial charge in [0, 0.05) is 12.6 Å². The van der Waals surface area contributed by atoms with E-state index in [1.807, 2.05) is 26.8 Å². The molecule has 0 aromatic heterocycles. The van der Waals surface area contributed by atoms with E-state index >= 15 is 0 Å². The molecule has 2 fully saturated rings. The quantitative estimate of drug-likeness (QED) is 0.567. The van der Waals surface area contributed by atoms with Gasteiger partial charge in [0.05, 0.1) is 5.41 Å². The maximum atomic E-state index is 14.3. The number of benzene rings is 1. The predicted molar refractivity (Wildman–Crippen MR) is 102 cm³/mol. The van der Waals surface area contributed by atoms with E-state index in [1.54, 1.807) is 6.07 Å². The molecule has 0 amide bonds. The number of ether oxygens (including phenoxy) is 1. The van der Waals surface area contributed by atoms with E-state index in [0.717, 1.165) is 30.4 Å². The van der Waals surface area contributed by atoms with E-state index in [9.17, 15) is 9.18 Å². The third kappa shape index (κ3) is 4.28. The molecule has 0 unspecified atom stereocenters. The number of fused-ring (bicyclic) bond motifs is 2. The fraction of sp³-hybridized carbons (Fsp3) is 0.682. The van der Waals surface area contributed by atoms with Crippen LogP contribution in [0.3, 0.4) is 0 Å². The molecule has 4 atom stereocenters. The molecule has 0 aliphatic heterocycles. The van der Waals surface area contributed by atoms with Crippen molar-refractivity contribution in [3.05, 3.63) is 29.6 Å². The lowest BCUT2D eigenvalue weighted by atomic mass is 9.69. The molecule has 1 aromatic rings. The fourth-order valence-corrected chi connectivity index (χ4v) is 4.78. The Morgan fingerprint density at radius 2 is 1.92 bits per heavy atom. The largest absolute Gasteiger partial charge is 0.426 e. The van der Waals surface area contributed by atoms with Gasteiger partial charge in [0.1, 0.15) is 11.6 Å². The molecule has 0 spiro atoms. The fourth-order valence-electron chi connectivity index (χ4n) is 4.78. The Morgan fingerprint density at radius 1 is 1.19 bits per heavy atom. The van der Waals surface area contributed by atoms with E-state index in [0.29, 0.717) is 17.6 Å². The summed E-state index contributed by atoms with van der Waals surface area (Å²) in [6.07, 6.45) is 5.02. The second-order valence-corrected chi connectivity index (χ2v) is 9.57. The van der Waals surface area contributed by atoms with Crippen LogP contribution in [0.15, 0.2) is 18.2 Å². The topological polar surface area (TPSA) is 29.5 Å². The highest BCUT2D eigenvalue weighted by Crippen LogP contribution is 2.52. The van der Waals surface area contributed by atoms with Crippen LogP contribution >= 0.6 is 0 Å². The summed E-state index contributed by atoms with van der Waals surface area (Å²) in [4.78, 5) is 14.5. The molecule has 0 radical (unpaired) electrons. The van der Waals surface area contributed by atoms with Gasteiger partial charge >= 0.3 is 5.97 Å². The minimum absolute atomic E-state index is 0.319. The molecule has 1 aromatic carbocycles. The Bertz CT molecular complexity index is 665. The van der Waals surface area contributed by atoms with E-state index < -0.39 is 5.41 Å². The molecule has 3 rings (SSSR count). The summed E-state index contributed by atoms with van der Waals surface area (Å²) < 4.78 is 19.8. The zero-order valence-electron chi connectivity index (χ0n) is 16.7. The van der Waals surface area contributed by atoms with Crippen LogP contribution < -0.4 is 4.74 Å². The highest BCUT2D eigenvalue weighted by atomic mass is 19.1. The van der Waals surface area contributed by atoms with Gasteiger partial charge in [-0.15, -0.1) is 0 Å². The van der Waals surface area contributed by atoms with Crippen LogP contribution in [-0.4, -0.2) is 31.5 Å². The number of rotatable bonds is 4. The van der Waals surface area contributed by atoms with Crippen LogP contribution in [0.1, 0.15) is 57.9 Å². The molecule has 2 saturated carbocycles. The first-order valence-corrected chi connectivity index (χ1v) is 9.81. The summed E-state index contributed by atoms with van der Waals surface area (Å²) in [5, 5.41) is 0. The van der Waals surface area contributed by atoms with Crippen LogP contribution in [0, 0.1) is 29.0 Å². The molecule has 26 heavy (non-hydrogen) atoms. The molecular weight excluding hydrogens is 329 g/mol. The number of nitrogens with zero attached hydrogens (tertiary/aromatic N) is 1. The van der Waals surface area contributed by atoms with E-state index in [2.05, 4.69) is 19.0 Å². The molecule has 0 N–H and O–H groups in total. The lowest BCUT2D eigenvalue weighted by molar-refractivity contribution is -0.143. The molecule has 144 valence electrons. The van der Waals surface area contributed by atoms with Crippen molar-refractivity contribution in [2.24, 2.45) is 23.2 Å². The summed E-state index contributed by atoms with van der Waals surface area (Å²) in [6.45, 7) is 6.44. The van der Waals surface area contributed by atoms with Crippen molar-refractivity contribution in [1.82, 2.24) is 4.90 Å². The molecule has 2 aliphatic rings. The summed E-state index contributed by atoms with van der Waals surface area (Å²) in [7, 11) is 4.22. The van der Waals surface area contributed by atoms with Crippen LogP contribution in [0.25, 0.3) is 0 Å². The van der Waals surface area contributed by atoms with Gasteiger partial charge in [0.25, 0.3) is 0 Å². The zero-order valence-corrected chi connectivity index (χ0v) is 16.7. The second kappa shape index (κ2) is 7.30. The Labute approximate surface area is 156 Å². The van der Waals surface area contributed by atoms with E-state index in [1.165, 1.54) is 25.3 Å². The first-order valence-electron chi connectivity index (χ1n) is 9.81. The standard InChI is InChI=1S/C22H32FNO2/c1-22(2,3)21(25)26-18-11-16(10-17(23)12-18)19-9-14-6-7-15(8-14)20(19)13-24(4)5/h10-12,14-15,19-20H,6-9,13H2,1-5H3/t14-,15+,19-,20-/m0/s1. The summed E-state index contributed by atoms with van der Waals surface area (Å²) in [5.74, 6) is 2.05. The number of carbonyl (C=O) groups excluding carboxylic acids is 1. The lowest BCUT2D eigenvalue weighted by Crippen LogP contribution is -2.34. The lowest BCUT2D eigenvalue weighted by Gasteiger charge is -2.38. The number of hydrogen-bond acceptors (Lipinski definition) is 3. The predicted octanol–water partition coefficient (Wildman–Crippen LogP) is 4.86. The highest BCUT2D eigenvalue weighted by molar-refractivity contribution is 5.77. The molecule has 0 heterocycles. The molecule has 2 bridgehead atoms. The van der Waals surface area contributed by atoms with E-state index in [4.69, 9.17) is 4.74 Å². The minimum Gasteiger partial charge on any atom is -0.426 e. The summed E-state index contributed by atoms with van der Waals surface area (Å²) >= 11 is 0. The van der Waals surface area contributed by atoms with Gasteiger partial charge < -0.3 is 9.64 Å². The first-order chi connectivity index (χ1) is 12.1. The van der Waals surface area contributed by atoms with Gasteiger partial charge in [0.2, 0.25) is 0 Å². The number of halogens is 1. The number of hydrogen-bond donors (Lipinski definition) is 0. The monoisotopic (exact) mass is 361 g/mol. The molecule has 3 nitrogen and oxygen atoms in total. The maximum Gasteiger partial charge on any atom is 0.316 e. The van der Waals surface area contributed by atoms with Crippen LogP contribution in [0.4, 0.5) is 4.39 Å². The average molecular weight is 362 g/mol.